The number of hydrogen-bond acceptors (Lipinski definition) is 2. The molecule has 1 aromatic carbocycles. The molecule has 90 valence electrons. The Morgan fingerprint density at radius 1 is 1.31 bits per heavy atom. The van der Waals surface area contributed by atoms with Gasteiger partial charge in [0.2, 0.25) is 0 Å². The second-order valence-electron chi connectivity index (χ2n) is 3.89. The van der Waals surface area contributed by atoms with Crippen molar-refractivity contribution in [3.05, 3.63) is 33.8 Å². The fraction of sp³-hybridized carbons (Fsp3) is 0.500. The highest BCUT2D eigenvalue weighted by Gasteiger charge is 2.14. The summed E-state index contributed by atoms with van der Waals surface area (Å²) in [5.41, 5.74) is 0.970. The fourth-order valence-corrected chi connectivity index (χ4v) is 1.83. The minimum Gasteiger partial charge on any atom is -0.377 e. The first-order valence-electron chi connectivity index (χ1n) is 5.28. The van der Waals surface area contributed by atoms with E-state index in [9.17, 15) is 0 Å². The second-order valence-corrected chi connectivity index (χ2v) is 4.73. The maximum atomic E-state index is 6.13. The molecule has 0 aliphatic rings. The van der Waals surface area contributed by atoms with Crippen LogP contribution in [0.15, 0.2) is 18.2 Å². The number of rotatable bonds is 5. The minimum absolute atomic E-state index is 0.0635. The quantitative estimate of drug-likeness (QED) is 0.874. The first kappa shape index (κ1) is 13.8. The zero-order valence-electron chi connectivity index (χ0n) is 9.76. The maximum Gasteiger partial charge on any atom is 0.0665 e. The Hall–Kier alpha value is -0.280. The number of likely N-dealkylation sites (N-methyl/N-ethyl adjacent to an activating group) is 1. The van der Waals surface area contributed by atoms with Gasteiger partial charge in [-0.2, -0.15) is 0 Å². The largest absolute Gasteiger partial charge is 0.377 e. The Kier molecular flexibility index (Phi) is 5.56. The molecule has 0 aliphatic carbocycles. The van der Waals surface area contributed by atoms with Gasteiger partial charge in [-0.25, -0.2) is 0 Å². The number of halogens is 2. The smallest absolute Gasteiger partial charge is 0.0665 e. The molecule has 1 rings (SSSR count). The van der Waals surface area contributed by atoms with Crippen LogP contribution in [0.5, 0.6) is 0 Å². The highest BCUT2D eigenvalue weighted by atomic mass is 35.5. The molecule has 0 heterocycles. The summed E-state index contributed by atoms with van der Waals surface area (Å²) in [5, 5.41) is 4.56. The summed E-state index contributed by atoms with van der Waals surface area (Å²) < 4.78 is 5.58. The molecule has 0 radical (unpaired) electrons. The SMILES string of the molecule is CNC(COC(C)C)c1cc(Cl)ccc1Cl. The van der Waals surface area contributed by atoms with Crippen LogP contribution in [0.1, 0.15) is 25.5 Å². The van der Waals surface area contributed by atoms with Crippen molar-refractivity contribution in [1.29, 1.82) is 0 Å². The Balaban J connectivity index is 2.81. The third-order valence-electron chi connectivity index (χ3n) is 2.28. The maximum absolute atomic E-state index is 6.13. The van der Waals surface area contributed by atoms with E-state index in [4.69, 9.17) is 27.9 Å². The molecule has 1 N–H and O–H groups in total. The second kappa shape index (κ2) is 6.45. The van der Waals surface area contributed by atoms with Gasteiger partial charge in [0.25, 0.3) is 0 Å². The number of benzene rings is 1. The van der Waals surface area contributed by atoms with Crippen LogP contribution in [-0.2, 0) is 4.74 Å². The average Bonchev–Trinajstić information content (AvgIpc) is 2.23. The van der Waals surface area contributed by atoms with E-state index in [1.165, 1.54) is 0 Å². The molecule has 0 bridgehead atoms. The first-order valence-corrected chi connectivity index (χ1v) is 6.04. The minimum atomic E-state index is 0.0635. The van der Waals surface area contributed by atoms with Crippen molar-refractivity contribution in [2.75, 3.05) is 13.7 Å². The van der Waals surface area contributed by atoms with Crippen molar-refractivity contribution in [2.45, 2.75) is 26.0 Å². The molecule has 0 amide bonds. The first-order chi connectivity index (χ1) is 7.54. The third-order valence-corrected chi connectivity index (χ3v) is 2.86. The van der Waals surface area contributed by atoms with Crippen LogP contribution in [0.4, 0.5) is 0 Å². The molecular weight excluding hydrogens is 245 g/mol. The lowest BCUT2D eigenvalue weighted by molar-refractivity contribution is 0.0626. The summed E-state index contributed by atoms with van der Waals surface area (Å²) in [6.07, 6.45) is 0.203. The van der Waals surface area contributed by atoms with Gasteiger partial charge in [0.05, 0.1) is 18.8 Å². The summed E-state index contributed by atoms with van der Waals surface area (Å²) in [4.78, 5) is 0. The molecular formula is C12H17Cl2NO. The predicted octanol–water partition coefficient (Wildman–Crippen LogP) is 3.68. The van der Waals surface area contributed by atoms with Crippen LogP contribution in [-0.4, -0.2) is 19.8 Å². The molecule has 0 saturated heterocycles. The molecule has 1 aromatic rings. The van der Waals surface area contributed by atoms with Gasteiger partial charge in [0.1, 0.15) is 0 Å². The van der Waals surface area contributed by atoms with E-state index in [1.54, 1.807) is 12.1 Å². The molecule has 0 fully saturated rings. The van der Waals surface area contributed by atoms with Crippen molar-refractivity contribution in [2.24, 2.45) is 0 Å². The zero-order valence-corrected chi connectivity index (χ0v) is 11.3. The van der Waals surface area contributed by atoms with E-state index in [0.29, 0.717) is 16.7 Å². The summed E-state index contributed by atoms with van der Waals surface area (Å²) in [7, 11) is 1.88. The molecule has 1 unspecified atom stereocenters. The van der Waals surface area contributed by atoms with Gasteiger partial charge >= 0.3 is 0 Å². The third kappa shape index (κ3) is 3.95. The number of hydrogen-bond donors (Lipinski definition) is 1. The van der Waals surface area contributed by atoms with Crippen LogP contribution in [0.3, 0.4) is 0 Å². The molecule has 2 nitrogen and oxygen atoms in total. The average molecular weight is 262 g/mol. The summed E-state index contributed by atoms with van der Waals surface area (Å²) >= 11 is 12.1. The molecule has 1 atom stereocenters. The monoisotopic (exact) mass is 261 g/mol. The Labute approximate surface area is 107 Å². The summed E-state index contributed by atoms with van der Waals surface area (Å²) in [5.74, 6) is 0. The molecule has 0 aromatic heterocycles. The Morgan fingerprint density at radius 3 is 2.56 bits per heavy atom. The van der Waals surface area contributed by atoms with E-state index in [1.807, 2.05) is 27.0 Å². The van der Waals surface area contributed by atoms with E-state index in [-0.39, 0.29) is 12.1 Å². The molecule has 0 saturated carbocycles. The lowest BCUT2D eigenvalue weighted by Crippen LogP contribution is -2.23. The summed E-state index contributed by atoms with van der Waals surface area (Å²) in [6, 6.07) is 5.52. The van der Waals surface area contributed by atoms with E-state index < -0.39 is 0 Å². The van der Waals surface area contributed by atoms with Crippen LogP contribution in [0.25, 0.3) is 0 Å². The fourth-order valence-electron chi connectivity index (χ4n) is 1.40. The van der Waals surface area contributed by atoms with Crippen LogP contribution >= 0.6 is 23.2 Å². The molecule has 16 heavy (non-hydrogen) atoms. The van der Waals surface area contributed by atoms with Crippen molar-refractivity contribution in [3.8, 4) is 0 Å². The van der Waals surface area contributed by atoms with Gasteiger partial charge in [0, 0.05) is 10.0 Å². The molecule has 0 aliphatic heterocycles. The van der Waals surface area contributed by atoms with E-state index in [0.717, 1.165) is 5.56 Å². The van der Waals surface area contributed by atoms with Crippen LogP contribution < -0.4 is 5.32 Å². The lowest BCUT2D eigenvalue weighted by atomic mass is 10.1. The van der Waals surface area contributed by atoms with E-state index >= 15 is 0 Å². The van der Waals surface area contributed by atoms with Gasteiger partial charge in [-0.3, -0.25) is 0 Å². The lowest BCUT2D eigenvalue weighted by Gasteiger charge is -2.19. The highest BCUT2D eigenvalue weighted by molar-refractivity contribution is 6.33. The predicted molar refractivity (Wildman–Crippen MR) is 69.4 cm³/mol. The van der Waals surface area contributed by atoms with Crippen molar-refractivity contribution < 1.29 is 4.74 Å². The van der Waals surface area contributed by atoms with E-state index in [2.05, 4.69) is 5.32 Å². The van der Waals surface area contributed by atoms with Gasteiger partial charge in [0.15, 0.2) is 0 Å². The standard InChI is InChI=1S/C12H17Cl2NO/c1-8(2)16-7-12(15-3)10-6-9(13)4-5-11(10)14/h4-6,8,12,15H,7H2,1-3H3. The Morgan fingerprint density at radius 2 is 2.00 bits per heavy atom. The number of nitrogens with one attached hydrogen (secondary N) is 1. The zero-order chi connectivity index (χ0) is 12.1. The highest BCUT2D eigenvalue weighted by Crippen LogP contribution is 2.26. The number of ether oxygens (including phenoxy) is 1. The molecule has 0 spiro atoms. The van der Waals surface area contributed by atoms with Crippen LogP contribution in [0.2, 0.25) is 10.0 Å². The van der Waals surface area contributed by atoms with Gasteiger partial charge in [-0.05, 0) is 44.7 Å². The summed E-state index contributed by atoms with van der Waals surface area (Å²) in [6.45, 7) is 4.59. The van der Waals surface area contributed by atoms with Crippen molar-refractivity contribution >= 4 is 23.2 Å². The van der Waals surface area contributed by atoms with Gasteiger partial charge in [-0.1, -0.05) is 23.2 Å². The molecule has 4 heteroatoms. The topological polar surface area (TPSA) is 21.3 Å². The van der Waals surface area contributed by atoms with Crippen molar-refractivity contribution in [1.82, 2.24) is 5.32 Å². The Bertz CT molecular complexity index is 342. The van der Waals surface area contributed by atoms with Gasteiger partial charge in [-0.15, -0.1) is 0 Å². The normalized spacial score (nSPS) is 13.1. The van der Waals surface area contributed by atoms with Gasteiger partial charge < -0.3 is 10.1 Å². The van der Waals surface area contributed by atoms with Crippen LogP contribution in [0, 0.1) is 0 Å². The van der Waals surface area contributed by atoms with Crippen molar-refractivity contribution in [3.63, 3.8) is 0 Å².